The minimum Gasteiger partial charge on any atom is -0.336 e. The van der Waals surface area contributed by atoms with Gasteiger partial charge in [0.15, 0.2) is 0 Å². The lowest BCUT2D eigenvalue weighted by Gasteiger charge is -2.30. The molecule has 6 heteroatoms. The zero-order valence-corrected chi connectivity index (χ0v) is 13.0. The van der Waals surface area contributed by atoms with E-state index in [2.05, 4.69) is 4.98 Å². The Morgan fingerprint density at radius 1 is 1.41 bits per heavy atom. The van der Waals surface area contributed by atoms with Crippen molar-refractivity contribution < 1.29 is 9.18 Å². The monoisotopic (exact) mass is 319 g/mol. The number of nitrogens with zero attached hydrogens (tertiary/aromatic N) is 2. The van der Waals surface area contributed by atoms with Gasteiger partial charge in [0.25, 0.3) is 5.91 Å². The summed E-state index contributed by atoms with van der Waals surface area (Å²) in [5.41, 5.74) is 6.91. The van der Waals surface area contributed by atoms with Crippen LogP contribution in [0, 0.1) is 5.82 Å². The molecular weight excluding hydrogens is 301 g/mol. The van der Waals surface area contributed by atoms with Gasteiger partial charge in [-0.2, -0.15) is 0 Å². The van der Waals surface area contributed by atoms with Gasteiger partial charge in [-0.05, 0) is 30.5 Å². The number of thiazole rings is 1. The van der Waals surface area contributed by atoms with Crippen LogP contribution < -0.4 is 5.73 Å². The Balaban J connectivity index is 1.67. The first-order chi connectivity index (χ1) is 10.6. The zero-order valence-electron chi connectivity index (χ0n) is 12.2. The summed E-state index contributed by atoms with van der Waals surface area (Å²) in [5, 5.41) is 0.858. The van der Waals surface area contributed by atoms with E-state index in [1.54, 1.807) is 18.3 Å². The number of carbonyl (C=O) groups is 1. The van der Waals surface area contributed by atoms with Gasteiger partial charge in [-0.1, -0.05) is 12.1 Å². The van der Waals surface area contributed by atoms with Crippen molar-refractivity contribution in [2.24, 2.45) is 5.73 Å². The van der Waals surface area contributed by atoms with E-state index in [4.69, 9.17) is 5.73 Å². The fraction of sp³-hybridized carbons (Fsp3) is 0.375. The van der Waals surface area contributed by atoms with Crippen LogP contribution in [-0.4, -0.2) is 34.9 Å². The molecule has 116 valence electrons. The molecule has 0 spiro atoms. The second kappa shape index (κ2) is 6.54. The van der Waals surface area contributed by atoms with Crippen molar-refractivity contribution in [2.45, 2.75) is 25.3 Å². The predicted molar refractivity (Wildman–Crippen MR) is 84.4 cm³/mol. The van der Waals surface area contributed by atoms with E-state index in [1.165, 1.54) is 23.5 Å². The Kier molecular flexibility index (Phi) is 4.49. The SMILES string of the molecule is N[C@H]1CCCN(C(=O)c2cnc(Cc3ccc(F)cc3)s2)C1. The number of piperidine rings is 1. The molecule has 0 saturated carbocycles. The summed E-state index contributed by atoms with van der Waals surface area (Å²) < 4.78 is 12.9. The number of rotatable bonds is 3. The molecule has 4 nitrogen and oxygen atoms in total. The maximum Gasteiger partial charge on any atom is 0.265 e. The quantitative estimate of drug-likeness (QED) is 0.945. The van der Waals surface area contributed by atoms with Crippen LogP contribution in [0.5, 0.6) is 0 Å². The highest BCUT2D eigenvalue weighted by atomic mass is 32.1. The van der Waals surface area contributed by atoms with Crippen LogP contribution in [0.15, 0.2) is 30.5 Å². The third-order valence-electron chi connectivity index (χ3n) is 3.78. The van der Waals surface area contributed by atoms with Gasteiger partial charge in [-0.15, -0.1) is 11.3 Å². The van der Waals surface area contributed by atoms with Gasteiger partial charge in [-0.25, -0.2) is 9.37 Å². The van der Waals surface area contributed by atoms with Gasteiger partial charge in [0, 0.05) is 25.6 Å². The van der Waals surface area contributed by atoms with Gasteiger partial charge < -0.3 is 10.6 Å². The molecule has 1 amide bonds. The molecule has 1 aliphatic rings. The lowest BCUT2D eigenvalue weighted by atomic mass is 10.1. The average molecular weight is 319 g/mol. The van der Waals surface area contributed by atoms with Crippen molar-refractivity contribution in [1.29, 1.82) is 0 Å². The fourth-order valence-corrected chi connectivity index (χ4v) is 3.54. The molecule has 1 atom stereocenters. The van der Waals surface area contributed by atoms with Crippen molar-refractivity contribution >= 4 is 17.2 Å². The molecule has 0 aliphatic carbocycles. The topological polar surface area (TPSA) is 59.2 Å². The van der Waals surface area contributed by atoms with Gasteiger partial charge in [-0.3, -0.25) is 4.79 Å². The van der Waals surface area contributed by atoms with Crippen molar-refractivity contribution in [3.8, 4) is 0 Å². The minimum absolute atomic E-state index is 0.0120. The highest BCUT2D eigenvalue weighted by molar-refractivity contribution is 7.13. The van der Waals surface area contributed by atoms with Crippen LogP contribution in [0.25, 0.3) is 0 Å². The standard InChI is InChI=1S/C16H18FN3OS/c17-12-5-3-11(4-6-12)8-15-19-9-14(22-15)16(21)20-7-1-2-13(18)10-20/h3-6,9,13H,1-2,7-8,10,18H2/t13-/m0/s1. The molecular formula is C16H18FN3OS. The summed E-state index contributed by atoms with van der Waals surface area (Å²) in [5.74, 6) is -0.238. The maximum absolute atomic E-state index is 12.9. The van der Waals surface area contributed by atoms with E-state index in [-0.39, 0.29) is 17.8 Å². The number of amides is 1. The molecule has 2 heterocycles. The number of hydrogen-bond acceptors (Lipinski definition) is 4. The highest BCUT2D eigenvalue weighted by Gasteiger charge is 2.23. The Bertz CT molecular complexity index is 656. The van der Waals surface area contributed by atoms with Crippen molar-refractivity contribution in [3.63, 3.8) is 0 Å². The number of carbonyl (C=O) groups excluding carboxylic acids is 1. The van der Waals surface area contributed by atoms with Crippen molar-refractivity contribution in [3.05, 3.63) is 51.7 Å². The predicted octanol–water partition coefficient (Wildman–Crippen LogP) is 2.44. The van der Waals surface area contributed by atoms with Crippen LogP contribution >= 0.6 is 11.3 Å². The molecule has 0 bridgehead atoms. The summed E-state index contributed by atoms with van der Waals surface area (Å²) in [6.07, 6.45) is 4.17. The van der Waals surface area contributed by atoms with Gasteiger partial charge in [0.2, 0.25) is 0 Å². The first-order valence-electron chi connectivity index (χ1n) is 7.36. The lowest BCUT2D eigenvalue weighted by Crippen LogP contribution is -2.45. The number of likely N-dealkylation sites (tertiary alicyclic amines) is 1. The van der Waals surface area contributed by atoms with Crippen molar-refractivity contribution in [2.75, 3.05) is 13.1 Å². The van der Waals surface area contributed by atoms with Crippen molar-refractivity contribution in [1.82, 2.24) is 9.88 Å². The van der Waals surface area contributed by atoms with E-state index in [1.807, 2.05) is 4.90 Å². The molecule has 1 aromatic carbocycles. The average Bonchev–Trinajstić information content (AvgIpc) is 2.97. The summed E-state index contributed by atoms with van der Waals surface area (Å²) >= 11 is 1.40. The number of hydrogen-bond donors (Lipinski definition) is 1. The van der Waals surface area contributed by atoms with Gasteiger partial charge in [0.1, 0.15) is 10.7 Å². The van der Waals surface area contributed by atoms with E-state index >= 15 is 0 Å². The molecule has 1 aliphatic heterocycles. The molecule has 1 aromatic heterocycles. The molecule has 22 heavy (non-hydrogen) atoms. The molecule has 2 aromatic rings. The number of benzene rings is 1. The Labute approximate surface area is 132 Å². The van der Waals surface area contributed by atoms with E-state index in [9.17, 15) is 9.18 Å². The Morgan fingerprint density at radius 2 is 2.18 bits per heavy atom. The van der Waals surface area contributed by atoms with Crippen LogP contribution in [0.1, 0.15) is 33.1 Å². The molecule has 0 unspecified atom stereocenters. The molecule has 3 rings (SSSR count). The largest absolute Gasteiger partial charge is 0.336 e. The summed E-state index contributed by atoms with van der Waals surface area (Å²) in [6, 6.07) is 6.42. The van der Waals surface area contributed by atoms with E-state index in [0.717, 1.165) is 30.0 Å². The first-order valence-corrected chi connectivity index (χ1v) is 8.17. The van der Waals surface area contributed by atoms with E-state index < -0.39 is 0 Å². The third kappa shape index (κ3) is 3.51. The van der Waals surface area contributed by atoms with Crippen LogP contribution in [-0.2, 0) is 6.42 Å². The first kappa shape index (κ1) is 15.1. The van der Waals surface area contributed by atoms with Crippen LogP contribution in [0.4, 0.5) is 4.39 Å². The number of aromatic nitrogens is 1. The summed E-state index contributed by atoms with van der Waals surface area (Å²) in [4.78, 5) is 19.2. The molecule has 2 N–H and O–H groups in total. The smallest absolute Gasteiger partial charge is 0.265 e. The molecule has 1 fully saturated rings. The molecule has 0 radical (unpaired) electrons. The second-order valence-electron chi connectivity index (χ2n) is 5.57. The maximum atomic E-state index is 12.9. The fourth-order valence-electron chi connectivity index (χ4n) is 2.62. The second-order valence-corrected chi connectivity index (χ2v) is 6.69. The molecule has 1 saturated heterocycles. The zero-order chi connectivity index (χ0) is 15.5. The van der Waals surface area contributed by atoms with Crippen LogP contribution in [0.2, 0.25) is 0 Å². The Morgan fingerprint density at radius 3 is 2.91 bits per heavy atom. The number of nitrogens with two attached hydrogens (primary N) is 1. The van der Waals surface area contributed by atoms with Crippen LogP contribution in [0.3, 0.4) is 0 Å². The summed E-state index contributed by atoms with van der Waals surface area (Å²) in [7, 11) is 0. The normalized spacial score (nSPS) is 18.5. The Hall–Kier alpha value is -1.79. The third-order valence-corrected chi connectivity index (χ3v) is 4.76. The number of halogens is 1. The van der Waals surface area contributed by atoms with Gasteiger partial charge >= 0.3 is 0 Å². The lowest BCUT2D eigenvalue weighted by molar-refractivity contribution is 0.0713. The minimum atomic E-state index is -0.250. The summed E-state index contributed by atoms with van der Waals surface area (Å²) in [6.45, 7) is 1.38. The van der Waals surface area contributed by atoms with E-state index in [0.29, 0.717) is 17.8 Å². The highest BCUT2D eigenvalue weighted by Crippen LogP contribution is 2.20. The van der Waals surface area contributed by atoms with Gasteiger partial charge in [0.05, 0.1) is 11.2 Å².